The average Bonchev–Trinajstić information content (AvgIpc) is 3.30. The smallest absolute Gasteiger partial charge is 0.260 e. The minimum Gasteiger partial charge on any atom is -0.496 e. The zero-order chi connectivity index (χ0) is 19.7. The molecule has 3 aromatic rings. The first-order chi connectivity index (χ1) is 14.3. The minimum absolute atomic E-state index is 0.323. The summed E-state index contributed by atoms with van der Waals surface area (Å²) in [6.07, 6.45) is 1.03. The number of nitrogens with zero attached hydrogens (tertiary/aromatic N) is 2. The molecule has 7 heteroatoms. The third kappa shape index (κ3) is 3.11. The van der Waals surface area contributed by atoms with E-state index in [0.717, 1.165) is 29.9 Å². The molecule has 0 aliphatic carbocycles. The molecular weight excluding hydrogens is 372 g/mol. The molecule has 29 heavy (non-hydrogen) atoms. The summed E-state index contributed by atoms with van der Waals surface area (Å²) in [5.41, 5.74) is 0.580. The molecule has 1 aromatic heterocycles. The van der Waals surface area contributed by atoms with Crippen LogP contribution in [0.1, 0.15) is 36.3 Å². The fourth-order valence-electron chi connectivity index (χ4n) is 4.06. The number of hydrogen-bond donors (Lipinski definition) is 0. The Morgan fingerprint density at radius 1 is 0.966 bits per heavy atom. The summed E-state index contributed by atoms with van der Waals surface area (Å²) in [7, 11) is 1.68. The largest absolute Gasteiger partial charge is 0.496 e. The van der Waals surface area contributed by atoms with Gasteiger partial charge in [0.2, 0.25) is 12.0 Å². The molecule has 0 bridgehead atoms. The predicted molar refractivity (Wildman–Crippen MR) is 103 cm³/mol. The maximum absolute atomic E-state index is 6.20. The van der Waals surface area contributed by atoms with Crippen LogP contribution < -0.4 is 14.2 Å². The second kappa shape index (κ2) is 7.40. The average molecular weight is 394 g/mol. The van der Waals surface area contributed by atoms with Gasteiger partial charge >= 0.3 is 0 Å². The molecule has 3 heterocycles. The summed E-state index contributed by atoms with van der Waals surface area (Å²) >= 11 is 0. The molecule has 7 nitrogen and oxygen atoms in total. The molecule has 1 saturated heterocycles. The van der Waals surface area contributed by atoms with Crippen LogP contribution in [0.4, 0.5) is 0 Å². The number of ether oxygens (including phenoxy) is 4. The van der Waals surface area contributed by atoms with Crippen LogP contribution in [0, 0.1) is 0 Å². The number of benzene rings is 2. The first-order valence-electron chi connectivity index (χ1n) is 9.74. The quantitative estimate of drug-likeness (QED) is 0.668. The highest BCUT2D eigenvalue weighted by Gasteiger charge is 2.44. The Morgan fingerprint density at radius 3 is 2.55 bits per heavy atom. The van der Waals surface area contributed by atoms with E-state index >= 15 is 0 Å². The molecule has 2 aliphatic rings. The van der Waals surface area contributed by atoms with Crippen molar-refractivity contribution >= 4 is 0 Å². The van der Waals surface area contributed by atoms with Crippen molar-refractivity contribution in [3.05, 3.63) is 65.9 Å². The maximum atomic E-state index is 6.20. The van der Waals surface area contributed by atoms with E-state index in [-0.39, 0.29) is 0 Å². The number of aromatic nitrogens is 2. The van der Waals surface area contributed by atoms with Crippen molar-refractivity contribution in [2.24, 2.45) is 0 Å². The van der Waals surface area contributed by atoms with Crippen molar-refractivity contribution in [2.45, 2.75) is 24.4 Å². The third-order valence-electron chi connectivity index (χ3n) is 5.60. The van der Waals surface area contributed by atoms with Crippen molar-refractivity contribution < 1.29 is 23.4 Å². The molecule has 5 rings (SSSR count). The molecule has 150 valence electrons. The van der Waals surface area contributed by atoms with Crippen molar-refractivity contribution in [3.63, 3.8) is 0 Å². The Kier molecular flexibility index (Phi) is 4.60. The van der Waals surface area contributed by atoms with Gasteiger partial charge in [0.1, 0.15) is 12.4 Å². The zero-order valence-electron chi connectivity index (χ0n) is 16.2. The van der Waals surface area contributed by atoms with Gasteiger partial charge < -0.3 is 23.4 Å². The lowest BCUT2D eigenvalue weighted by Crippen LogP contribution is -2.35. The molecule has 0 radical (unpaired) electrons. The third-order valence-corrected chi connectivity index (χ3v) is 5.60. The van der Waals surface area contributed by atoms with Crippen LogP contribution in [0.2, 0.25) is 0 Å². The molecule has 2 aliphatic heterocycles. The lowest BCUT2D eigenvalue weighted by atomic mass is 9.73. The Hall–Kier alpha value is -3.06. The molecule has 0 saturated carbocycles. The van der Waals surface area contributed by atoms with E-state index in [1.807, 2.05) is 42.5 Å². The highest BCUT2D eigenvalue weighted by Crippen LogP contribution is 2.45. The Balaban J connectivity index is 1.50. The van der Waals surface area contributed by atoms with Crippen molar-refractivity contribution in [1.82, 2.24) is 10.2 Å². The lowest BCUT2D eigenvalue weighted by molar-refractivity contribution is 0.0474. The topological polar surface area (TPSA) is 75.8 Å². The fourth-order valence-corrected chi connectivity index (χ4v) is 4.06. The highest BCUT2D eigenvalue weighted by molar-refractivity contribution is 5.44. The number of para-hydroxylation sites is 3. The Morgan fingerprint density at radius 2 is 1.72 bits per heavy atom. The summed E-state index contributed by atoms with van der Waals surface area (Å²) in [4.78, 5) is 0. The van der Waals surface area contributed by atoms with Gasteiger partial charge in [-0.05, 0) is 31.0 Å². The SMILES string of the molecule is COc1ccccc1C1(c2nnc([C@@H]3COc4ccccc4O3)o2)CCOCC1. The van der Waals surface area contributed by atoms with Crippen molar-refractivity contribution in [1.29, 1.82) is 0 Å². The van der Waals surface area contributed by atoms with Crippen LogP contribution in [0.15, 0.2) is 52.9 Å². The second-order valence-corrected chi connectivity index (χ2v) is 7.20. The number of rotatable bonds is 4. The van der Waals surface area contributed by atoms with Crippen LogP contribution in [-0.2, 0) is 10.2 Å². The van der Waals surface area contributed by atoms with Crippen molar-refractivity contribution in [2.75, 3.05) is 26.9 Å². The highest BCUT2D eigenvalue weighted by atomic mass is 16.6. The summed E-state index contributed by atoms with van der Waals surface area (Å²) in [5, 5.41) is 8.74. The summed E-state index contributed by atoms with van der Waals surface area (Å²) in [6, 6.07) is 15.5. The second-order valence-electron chi connectivity index (χ2n) is 7.20. The van der Waals surface area contributed by atoms with Gasteiger partial charge in [-0.25, -0.2) is 0 Å². The summed E-state index contributed by atoms with van der Waals surface area (Å²) in [5.74, 6) is 3.17. The summed E-state index contributed by atoms with van der Waals surface area (Å²) < 4.78 is 29.3. The Labute approximate surface area is 168 Å². The molecule has 1 fully saturated rings. The minimum atomic E-state index is -0.455. The normalized spacial score (nSPS) is 20.2. The fraction of sp³-hybridized carbons (Fsp3) is 0.364. The van der Waals surface area contributed by atoms with Crippen LogP contribution >= 0.6 is 0 Å². The molecule has 1 atom stereocenters. The van der Waals surface area contributed by atoms with Crippen LogP contribution in [0.5, 0.6) is 17.2 Å². The molecule has 0 amide bonds. The molecule has 2 aromatic carbocycles. The van der Waals surface area contributed by atoms with Crippen LogP contribution in [0.3, 0.4) is 0 Å². The number of fused-ring (bicyclic) bond motifs is 1. The van der Waals surface area contributed by atoms with Gasteiger partial charge in [-0.1, -0.05) is 30.3 Å². The van der Waals surface area contributed by atoms with E-state index in [1.54, 1.807) is 7.11 Å². The number of hydrogen-bond acceptors (Lipinski definition) is 7. The van der Waals surface area contributed by atoms with Gasteiger partial charge in [0.25, 0.3) is 5.89 Å². The van der Waals surface area contributed by atoms with Gasteiger partial charge in [0.15, 0.2) is 11.5 Å². The molecule has 0 spiro atoms. The Bertz CT molecular complexity index is 996. The number of methoxy groups -OCH3 is 1. The maximum Gasteiger partial charge on any atom is 0.260 e. The van der Waals surface area contributed by atoms with Gasteiger partial charge in [-0.2, -0.15) is 0 Å². The van der Waals surface area contributed by atoms with E-state index in [1.165, 1.54) is 0 Å². The molecule has 0 N–H and O–H groups in total. The molecule has 0 unspecified atom stereocenters. The van der Waals surface area contributed by atoms with Gasteiger partial charge in [-0.15, -0.1) is 10.2 Å². The lowest BCUT2D eigenvalue weighted by Gasteiger charge is -2.35. The predicted octanol–water partition coefficient (Wildman–Crippen LogP) is 3.69. The van der Waals surface area contributed by atoms with E-state index in [9.17, 15) is 0 Å². The first-order valence-corrected chi connectivity index (χ1v) is 9.74. The van der Waals surface area contributed by atoms with Crippen LogP contribution in [0.25, 0.3) is 0 Å². The first kappa shape index (κ1) is 18.0. The van der Waals surface area contributed by atoms with Crippen LogP contribution in [-0.4, -0.2) is 37.1 Å². The molecular formula is C22H22N2O5. The van der Waals surface area contributed by atoms with Crippen molar-refractivity contribution in [3.8, 4) is 17.2 Å². The standard InChI is InChI=1S/C22H22N2O5/c1-25-16-7-3-2-6-15(16)22(10-12-26-13-11-22)21-24-23-20(29-21)19-14-27-17-8-4-5-9-18(17)28-19/h2-9,19H,10-14H2,1H3/t19-/m0/s1. The van der Waals surface area contributed by atoms with E-state index < -0.39 is 11.5 Å². The monoisotopic (exact) mass is 394 g/mol. The van der Waals surface area contributed by atoms with E-state index in [2.05, 4.69) is 16.3 Å². The van der Waals surface area contributed by atoms with Gasteiger partial charge in [-0.3, -0.25) is 0 Å². The summed E-state index contributed by atoms with van der Waals surface area (Å²) in [6.45, 7) is 1.56. The van der Waals surface area contributed by atoms with E-state index in [4.69, 9.17) is 23.4 Å². The van der Waals surface area contributed by atoms with E-state index in [0.29, 0.717) is 37.4 Å². The van der Waals surface area contributed by atoms with Gasteiger partial charge in [0, 0.05) is 18.8 Å². The van der Waals surface area contributed by atoms with Gasteiger partial charge in [0.05, 0.1) is 12.5 Å². The zero-order valence-corrected chi connectivity index (χ0v) is 16.2.